The van der Waals surface area contributed by atoms with Gasteiger partial charge in [-0.25, -0.2) is 9.97 Å². The van der Waals surface area contributed by atoms with Crippen LogP contribution in [0.3, 0.4) is 0 Å². The van der Waals surface area contributed by atoms with Crippen molar-refractivity contribution in [2.75, 3.05) is 11.6 Å². The fourth-order valence-corrected chi connectivity index (χ4v) is 1.57. The highest BCUT2D eigenvalue weighted by atomic mass is 32.2. The molecule has 1 heterocycles. The molecular weight excluding hydrogens is 206 g/mol. The first-order chi connectivity index (χ1) is 7.38. The predicted molar refractivity (Wildman–Crippen MR) is 63.5 cm³/mol. The molecule has 15 heavy (non-hydrogen) atoms. The molecule has 3 nitrogen and oxygen atoms in total. The van der Waals surface area contributed by atoms with E-state index in [0.717, 1.165) is 16.5 Å². The summed E-state index contributed by atoms with van der Waals surface area (Å²) in [5.74, 6) is 0.820. The van der Waals surface area contributed by atoms with Gasteiger partial charge in [0.25, 0.3) is 0 Å². The van der Waals surface area contributed by atoms with E-state index in [0.29, 0.717) is 0 Å². The predicted octanol–water partition coefficient (Wildman–Crippen LogP) is 2.94. The van der Waals surface area contributed by atoms with E-state index in [1.807, 2.05) is 42.7 Å². The Morgan fingerprint density at radius 1 is 1.13 bits per heavy atom. The minimum Gasteiger partial charge on any atom is -0.340 e. The summed E-state index contributed by atoms with van der Waals surface area (Å²) in [6.45, 7) is 0. The molecule has 0 spiro atoms. The van der Waals surface area contributed by atoms with Gasteiger partial charge in [0.1, 0.15) is 17.2 Å². The standard InChI is InChI=1S/C11H11N3S/c1-15-11-7-10(12-8-13-11)14-9-5-3-2-4-6-9/h2-8H,1H3,(H,12,13,14). The molecule has 0 radical (unpaired) electrons. The third kappa shape index (κ3) is 2.70. The molecule has 0 aliphatic carbocycles. The molecule has 4 heteroatoms. The van der Waals surface area contributed by atoms with Gasteiger partial charge < -0.3 is 5.32 Å². The molecule has 0 saturated heterocycles. The zero-order chi connectivity index (χ0) is 10.5. The van der Waals surface area contributed by atoms with Crippen molar-refractivity contribution in [3.8, 4) is 0 Å². The third-order valence-electron chi connectivity index (χ3n) is 1.90. The van der Waals surface area contributed by atoms with Crippen molar-refractivity contribution < 1.29 is 0 Å². The maximum atomic E-state index is 4.15. The van der Waals surface area contributed by atoms with Gasteiger partial charge in [-0.1, -0.05) is 18.2 Å². The van der Waals surface area contributed by atoms with E-state index in [4.69, 9.17) is 0 Å². The first-order valence-electron chi connectivity index (χ1n) is 4.56. The van der Waals surface area contributed by atoms with Crippen LogP contribution in [0.4, 0.5) is 11.5 Å². The number of para-hydroxylation sites is 1. The van der Waals surface area contributed by atoms with Gasteiger partial charge in [-0.3, -0.25) is 0 Å². The second kappa shape index (κ2) is 4.79. The van der Waals surface area contributed by atoms with Crippen LogP contribution in [-0.4, -0.2) is 16.2 Å². The number of benzene rings is 1. The smallest absolute Gasteiger partial charge is 0.134 e. The van der Waals surface area contributed by atoms with Crippen LogP contribution in [0.5, 0.6) is 0 Å². The van der Waals surface area contributed by atoms with Crippen molar-refractivity contribution in [3.05, 3.63) is 42.7 Å². The molecule has 0 unspecified atom stereocenters. The van der Waals surface area contributed by atoms with Gasteiger partial charge in [0.2, 0.25) is 0 Å². The molecule has 2 aromatic rings. The maximum Gasteiger partial charge on any atom is 0.134 e. The molecule has 0 bridgehead atoms. The van der Waals surface area contributed by atoms with Gasteiger partial charge in [-0.15, -0.1) is 11.8 Å². The zero-order valence-corrected chi connectivity index (χ0v) is 9.16. The molecular formula is C11H11N3S. The number of hydrogen-bond donors (Lipinski definition) is 1. The fraction of sp³-hybridized carbons (Fsp3) is 0.0909. The Bertz CT molecular complexity index is 431. The van der Waals surface area contributed by atoms with Gasteiger partial charge in [0.05, 0.1) is 0 Å². The largest absolute Gasteiger partial charge is 0.340 e. The number of nitrogens with zero attached hydrogens (tertiary/aromatic N) is 2. The van der Waals surface area contributed by atoms with Crippen molar-refractivity contribution in [3.63, 3.8) is 0 Å². The lowest BCUT2D eigenvalue weighted by molar-refractivity contribution is 1.05. The highest BCUT2D eigenvalue weighted by molar-refractivity contribution is 7.98. The molecule has 0 aliphatic heterocycles. The zero-order valence-electron chi connectivity index (χ0n) is 8.34. The topological polar surface area (TPSA) is 37.8 Å². The minimum absolute atomic E-state index is 0.820. The lowest BCUT2D eigenvalue weighted by Crippen LogP contribution is -1.94. The van der Waals surface area contributed by atoms with Crippen molar-refractivity contribution in [1.82, 2.24) is 9.97 Å². The second-order valence-corrected chi connectivity index (χ2v) is 3.76. The van der Waals surface area contributed by atoms with Crippen LogP contribution in [-0.2, 0) is 0 Å². The highest BCUT2D eigenvalue weighted by Gasteiger charge is 1.97. The van der Waals surface area contributed by atoms with E-state index in [2.05, 4.69) is 15.3 Å². The number of anilines is 2. The SMILES string of the molecule is CSc1cc(Nc2ccccc2)ncn1. The van der Waals surface area contributed by atoms with Crippen LogP contribution in [0.15, 0.2) is 47.8 Å². The summed E-state index contributed by atoms with van der Waals surface area (Å²) in [6, 6.07) is 11.9. The van der Waals surface area contributed by atoms with E-state index in [9.17, 15) is 0 Å². The Hall–Kier alpha value is -1.55. The number of hydrogen-bond acceptors (Lipinski definition) is 4. The quantitative estimate of drug-likeness (QED) is 0.633. The van der Waals surface area contributed by atoms with Crippen molar-refractivity contribution in [1.29, 1.82) is 0 Å². The van der Waals surface area contributed by atoms with Gasteiger partial charge in [0, 0.05) is 11.8 Å². The van der Waals surface area contributed by atoms with Crippen LogP contribution in [0.25, 0.3) is 0 Å². The lowest BCUT2D eigenvalue weighted by Gasteiger charge is -2.05. The Kier molecular flexibility index (Phi) is 3.19. The molecule has 0 aliphatic rings. The monoisotopic (exact) mass is 217 g/mol. The van der Waals surface area contributed by atoms with E-state index in [1.54, 1.807) is 18.1 Å². The van der Waals surface area contributed by atoms with Crippen LogP contribution in [0.1, 0.15) is 0 Å². The molecule has 1 N–H and O–H groups in total. The molecule has 76 valence electrons. The van der Waals surface area contributed by atoms with Crippen LogP contribution >= 0.6 is 11.8 Å². The van der Waals surface area contributed by atoms with Crippen molar-refractivity contribution in [2.45, 2.75) is 5.03 Å². The van der Waals surface area contributed by atoms with E-state index in [1.165, 1.54) is 0 Å². The van der Waals surface area contributed by atoms with Crippen molar-refractivity contribution >= 4 is 23.3 Å². The molecule has 0 atom stereocenters. The van der Waals surface area contributed by atoms with Gasteiger partial charge in [-0.2, -0.15) is 0 Å². The average Bonchev–Trinajstić information content (AvgIpc) is 2.31. The second-order valence-electron chi connectivity index (χ2n) is 2.94. The van der Waals surface area contributed by atoms with Crippen LogP contribution in [0.2, 0.25) is 0 Å². The highest BCUT2D eigenvalue weighted by Crippen LogP contribution is 2.17. The van der Waals surface area contributed by atoms with Crippen molar-refractivity contribution in [2.24, 2.45) is 0 Å². The molecule has 2 rings (SSSR count). The first kappa shape index (κ1) is 9.98. The van der Waals surface area contributed by atoms with Crippen LogP contribution in [0, 0.1) is 0 Å². The summed E-state index contributed by atoms with van der Waals surface area (Å²) in [5, 5.41) is 4.18. The first-order valence-corrected chi connectivity index (χ1v) is 5.79. The maximum absolute atomic E-state index is 4.15. The number of thioether (sulfide) groups is 1. The Morgan fingerprint density at radius 3 is 2.67 bits per heavy atom. The fourth-order valence-electron chi connectivity index (χ4n) is 1.19. The summed E-state index contributed by atoms with van der Waals surface area (Å²) in [4.78, 5) is 8.26. The lowest BCUT2D eigenvalue weighted by atomic mass is 10.3. The van der Waals surface area contributed by atoms with Gasteiger partial charge >= 0.3 is 0 Å². The summed E-state index contributed by atoms with van der Waals surface area (Å²) in [6.07, 6.45) is 3.56. The molecule has 0 fully saturated rings. The van der Waals surface area contributed by atoms with E-state index in [-0.39, 0.29) is 0 Å². The summed E-state index contributed by atoms with van der Waals surface area (Å²) >= 11 is 1.60. The molecule has 0 amide bonds. The third-order valence-corrected chi connectivity index (χ3v) is 2.54. The Balaban J connectivity index is 2.17. The van der Waals surface area contributed by atoms with E-state index >= 15 is 0 Å². The summed E-state index contributed by atoms with van der Waals surface area (Å²) < 4.78 is 0. The van der Waals surface area contributed by atoms with Gasteiger partial charge in [-0.05, 0) is 18.4 Å². The Morgan fingerprint density at radius 2 is 1.93 bits per heavy atom. The number of nitrogens with one attached hydrogen (secondary N) is 1. The normalized spacial score (nSPS) is 9.93. The van der Waals surface area contributed by atoms with Crippen LogP contribution < -0.4 is 5.32 Å². The molecule has 0 saturated carbocycles. The number of aromatic nitrogens is 2. The molecule has 1 aromatic carbocycles. The Labute approximate surface area is 93.0 Å². The average molecular weight is 217 g/mol. The summed E-state index contributed by atoms with van der Waals surface area (Å²) in [5.41, 5.74) is 1.03. The number of rotatable bonds is 3. The van der Waals surface area contributed by atoms with E-state index < -0.39 is 0 Å². The van der Waals surface area contributed by atoms with Gasteiger partial charge in [0.15, 0.2) is 0 Å². The summed E-state index contributed by atoms with van der Waals surface area (Å²) in [7, 11) is 0. The molecule has 1 aromatic heterocycles. The minimum atomic E-state index is 0.820.